The Balaban J connectivity index is 2.68. The summed E-state index contributed by atoms with van der Waals surface area (Å²) >= 11 is 13.6. The Bertz CT molecular complexity index is 392. The molecule has 1 aromatic carbocycles. The molecule has 2 nitrogen and oxygen atoms in total. The number of hydrogen-bond donors (Lipinski definition) is 0. The Labute approximate surface area is 111 Å². The third-order valence-electron chi connectivity index (χ3n) is 1.95. The molecule has 0 bridgehead atoms. The molecular weight excluding hydrogens is 263 g/mol. The second-order valence-electron chi connectivity index (χ2n) is 3.43. The number of amidine groups is 1. The first-order chi connectivity index (χ1) is 7.54. The Kier molecular flexibility index (Phi) is 5.46. The molecule has 0 N–H and O–H groups in total. The number of aliphatic imine (C=N–C) groups is 1. The molecule has 0 aliphatic carbocycles. The van der Waals surface area contributed by atoms with E-state index >= 15 is 0 Å². The van der Waals surface area contributed by atoms with Crippen LogP contribution in [-0.4, -0.2) is 31.2 Å². The molecule has 0 atom stereocenters. The minimum atomic E-state index is 0.663. The highest BCUT2D eigenvalue weighted by molar-refractivity contribution is 8.13. The van der Waals surface area contributed by atoms with Crippen molar-refractivity contribution >= 4 is 40.1 Å². The van der Waals surface area contributed by atoms with Gasteiger partial charge in [0.2, 0.25) is 0 Å². The van der Waals surface area contributed by atoms with Gasteiger partial charge in [0.15, 0.2) is 5.17 Å². The van der Waals surface area contributed by atoms with Gasteiger partial charge in [-0.3, -0.25) is 4.99 Å². The standard InChI is InChI=1S/C11H14Cl2N2S/c1-14-11(15(2)3)16-7-8-4-5-9(12)6-10(8)13/h4-6H,7H2,1-3H3/b14-11+. The van der Waals surface area contributed by atoms with Gasteiger partial charge in [0, 0.05) is 36.9 Å². The zero-order valence-electron chi connectivity index (χ0n) is 9.50. The lowest BCUT2D eigenvalue weighted by atomic mass is 10.2. The molecule has 0 aliphatic rings. The van der Waals surface area contributed by atoms with Crippen LogP contribution in [0.3, 0.4) is 0 Å². The Morgan fingerprint density at radius 3 is 2.56 bits per heavy atom. The first-order valence-corrected chi connectivity index (χ1v) is 6.49. The fraction of sp³-hybridized carbons (Fsp3) is 0.364. The minimum Gasteiger partial charge on any atom is -0.358 e. The van der Waals surface area contributed by atoms with Crippen LogP contribution in [0.1, 0.15) is 5.56 Å². The molecular formula is C11H14Cl2N2S. The summed E-state index contributed by atoms with van der Waals surface area (Å²) in [5.41, 5.74) is 1.07. The fourth-order valence-corrected chi connectivity index (χ4v) is 2.65. The van der Waals surface area contributed by atoms with Gasteiger partial charge in [0.05, 0.1) is 0 Å². The zero-order chi connectivity index (χ0) is 12.1. The van der Waals surface area contributed by atoms with Crippen LogP contribution < -0.4 is 0 Å². The van der Waals surface area contributed by atoms with Crippen LogP contribution in [0, 0.1) is 0 Å². The minimum absolute atomic E-state index is 0.663. The van der Waals surface area contributed by atoms with Crippen molar-refractivity contribution in [2.45, 2.75) is 5.75 Å². The van der Waals surface area contributed by atoms with Crippen molar-refractivity contribution in [2.75, 3.05) is 21.1 Å². The molecule has 0 aromatic heterocycles. The predicted octanol–water partition coefficient (Wildman–Crippen LogP) is 3.77. The zero-order valence-corrected chi connectivity index (χ0v) is 11.8. The lowest BCUT2D eigenvalue weighted by Crippen LogP contribution is -2.18. The van der Waals surface area contributed by atoms with E-state index in [9.17, 15) is 0 Å². The molecule has 0 saturated heterocycles. The number of halogens is 2. The maximum absolute atomic E-state index is 6.08. The number of hydrogen-bond acceptors (Lipinski definition) is 2. The van der Waals surface area contributed by atoms with E-state index in [0.29, 0.717) is 10.0 Å². The van der Waals surface area contributed by atoms with Crippen LogP contribution in [0.15, 0.2) is 23.2 Å². The van der Waals surface area contributed by atoms with E-state index < -0.39 is 0 Å². The topological polar surface area (TPSA) is 15.6 Å². The van der Waals surface area contributed by atoms with Crippen LogP contribution in [0.2, 0.25) is 10.0 Å². The number of benzene rings is 1. The average Bonchev–Trinajstić information content (AvgIpc) is 2.21. The quantitative estimate of drug-likeness (QED) is 0.604. The van der Waals surface area contributed by atoms with E-state index in [1.165, 1.54) is 0 Å². The van der Waals surface area contributed by atoms with Crippen molar-refractivity contribution in [1.82, 2.24) is 4.90 Å². The van der Waals surface area contributed by atoms with Crippen molar-refractivity contribution < 1.29 is 0 Å². The van der Waals surface area contributed by atoms with Gasteiger partial charge >= 0.3 is 0 Å². The SMILES string of the molecule is C/N=C(/SCc1ccc(Cl)cc1Cl)N(C)C. The van der Waals surface area contributed by atoms with Gasteiger partial charge in [-0.2, -0.15) is 0 Å². The number of rotatable bonds is 2. The monoisotopic (exact) mass is 276 g/mol. The molecule has 1 rings (SSSR count). The van der Waals surface area contributed by atoms with Gasteiger partial charge in [-0.05, 0) is 17.7 Å². The second kappa shape index (κ2) is 6.38. The van der Waals surface area contributed by atoms with E-state index in [0.717, 1.165) is 16.5 Å². The van der Waals surface area contributed by atoms with Crippen LogP contribution in [0.5, 0.6) is 0 Å². The van der Waals surface area contributed by atoms with Crippen molar-refractivity contribution in [1.29, 1.82) is 0 Å². The number of nitrogens with zero attached hydrogens (tertiary/aromatic N) is 2. The van der Waals surface area contributed by atoms with E-state index in [1.54, 1.807) is 24.9 Å². The fourth-order valence-electron chi connectivity index (χ4n) is 1.17. The molecule has 0 fully saturated rings. The molecule has 0 aliphatic heterocycles. The third kappa shape index (κ3) is 3.89. The normalized spacial score (nSPS) is 11.7. The Morgan fingerprint density at radius 1 is 1.38 bits per heavy atom. The van der Waals surface area contributed by atoms with Crippen LogP contribution in [-0.2, 0) is 5.75 Å². The van der Waals surface area contributed by atoms with Crippen molar-refractivity contribution in [3.8, 4) is 0 Å². The molecule has 0 saturated carbocycles. The van der Waals surface area contributed by atoms with Gasteiger partial charge in [0.1, 0.15) is 0 Å². The van der Waals surface area contributed by atoms with E-state index in [4.69, 9.17) is 23.2 Å². The largest absolute Gasteiger partial charge is 0.358 e. The Morgan fingerprint density at radius 2 is 2.06 bits per heavy atom. The van der Waals surface area contributed by atoms with Gasteiger partial charge < -0.3 is 4.90 Å². The maximum Gasteiger partial charge on any atom is 0.158 e. The van der Waals surface area contributed by atoms with Gasteiger partial charge in [-0.1, -0.05) is 41.0 Å². The van der Waals surface area contributed by atoms with Crippen LogP contribution in [0.25, 0.3) is 0 Å². The molecule has 0 amide bonds. The second-order valence-corrected chi connectivity index (χ2v) is 5.21. The predicted molar refractivity (Wildman–Crippen MR) is 74.8 cm³/mol. The summed E-state index contributed by atoms with van der Waals surface area (Å²) in [4.78, 5) is 6.17. The molecule has 0 unspecified atom stereocenters. The lowest BCUT2D eigenvalue weighted by molar-refractivity contribution is 0.635. The highest BCUT2D eigenvalue weighted by Gasteiger charge is 2.05. The summed E-state index contributed by atoms with van der Waals surface area (Å²) in [6.07, 6.45) is 0. The molecule has 0 radical (unpaired) electrons. The summed E-state index contributed by atoms with van der Waals surface area (Å²) < 4.78 is 0. The third-order valence-corrected chi connectivity index (χ3v) is 3.79. The van der Waals surface area contributed by atoms with Gasteiger partial charge in [0.25, 0.3) is 0 Å². The molecule has 0 spiro atoms. The number of thioether (sulfide) groups is 1. The first kappa shape index (κ1) is 13.7. The average molecular weight is 277 g/mol. The summed E-state index contributed by atoms with van der Waals surface area (Å²) in [6, 6.07) is 5.56. The Hall–Kier alpha value is -0.380. The molecule has 16 heavy (non-hydrogen) atoms. The first-order valence-electron chi connectivity index (χ1n) is 4.75. The summed E-state index contributed by atoms with van der Waals surface area (Å²) in [7, 11) is 5.73. The van der Waals surface area contributed by atoms with Gasteiger partial charge in [-0.15, -0.1) is 0 Å². The summed E-state index contributed by atoms with van der Waals surface area (Å²) in [5, 5.41) is 2.34. The van der Waals surface area contributed by atoms with E-state index in [-0.39, 0.29) is 0 Å². The van der Waals surface area contributed by atoms with Gasteiger partial charge in [-0.25, -0.2) is 0 Å². The molecule has 5 heteroatoms. The maximum atomic E-state index is 6.08. The van der Waals surface area contributed by atoms with Crippen LogP contribution >= 0.6 is 35.0 Å². The summed E-state index contributed by atoms with van der Waals surface area (Å²) in [5.74, 6) is 0.793. The molecule has 88 valence electrons. The smallest absolute Gasteiger partial charge is 0.158 e. The van der Waals surface area contributed by atoms with E-state index in [2.05, 4.69) is 4.99 Å². The van der Waals surface area contributed by atoms with Crippen molar-refractivity contribution in [3.05, 3.63) is 33.8 Å². The molecule has 1 aromatic rings. The highest BCUT2D eigenvalue weighted by atomic mass is 35.5. The highest BCUT2D eigenvalue weighted by Crippen LogP contribution is 2.25. The van der Waals surface area contributed by atoms with E-state index in [1.807, 2.05) is 31.1 Å². The van der Waals surface area contributed by atoms with Crippen LogP contribution in [0.4, 0.5) is 0 Å². The lowest BCUT2D eigenvalue weighted by Gasteiger charge is -2.14. The summed E-state index contributed by atoms with van der Waals surface area (Å²) in [6.45, 7) is 0. The molecule has 0 heterocycles. The van der Waals surface area contributed by atoms with Crippen molar-refractivity contribution in [2.24, 2.45) is 4.99 Å². The van der Waals surface area contributed by atoms with Crippen molar-refractivity contribution in [3.63, 3.8) is 0 Å².